The molecule has 0 saturated heterocycles. The van der Waals surface area contributed by atoms with Crippen LogP contribution in [0.3, 0.4) is 0 Å². The second kappa shape index (κ2) is 7.44. The number of nitrogens with one attached hydrogen (secondary N) is 1. The van der Waals surface area contributed by atoms with Gasteiger partial charge in [-0.05, 0) is 19.9 Å². The summed E-state index contributed by atoms with van der Waals surface area (Å²) in [7, 11) is 0. The summed E-state index contributed by atoms with van der Waals surface area (Å²) in [4.78, 5) is 0. The third-order valence-corrected chi connectivity index (χ3v) is 2.93. The molecular formula is C13H25N3. The number of unbranched alkanes of at least 4 members (excludes halogenated alkanes) is 2. The molecule has 0 bridgehead atoms. The Balaban J connectivity index is 2.54. The average molecular weight is 223 g/mol. The van der Waals surface area contributed by atoms with Crippen LogP contribution in [0.4, 0.5) is 0 Å². The van der Waals surface area contributed by atoms with Gasteiger partial charge in [-0.15, -0.1) is 0 Å². The van der Waals surface area contributed by atoms with Crippen molar-refractivity contribution < 1.29 is 0 Å². The molecule has 0 fully saturated rings. The Bertz CT molecular complexity index is 280. The van der Waals surface area contributed by atoms with E-state index in [1.54, 1.807) is 0 Å². The molecule has 3 heteroatoms. The van der Waals surface area contributed by atoms with E-state index in [1.165, 1.54) is 31.2 Å². The van der Waals surface area contributed by atoms with E-state index >= 15 is 0 Å². The lowest BCUT2D eigenvalue weighted by atomic mass is 10.0. The molecule has 1 aromatic rings. The highest BCUT2D eigenvalue weighted by molar-refractivity contribution is 5.10. The summed E-state index contributed by atoms with van der Waals surface area (Å²) in [6, 6.07) is 0.483. The first-order valence-corrected chi connectivity index (χ1v) is 6.57. The fourth-order valence-electron chi connectivity index (χ4n) is 1.96. The van der Waals surface area contributed by atoms with Crippen LogP contribution in [-0.2, 0) is 6.54 Å². The van der Waals surface area contributed by atoms with Gasteiger partial charge < -0.3 is 5.32 Å². The molecule has 1 heterocycles. The van der Waals surface area contributed by atoms with Crippen molar-refractivity contribution in [1.82, 2.24) is 15.1 Å². The Morgan fingerprint density at radius 3 is 2.69 bits per heavy atom. The molecule has 16 heavy (non-hydrogen) atoms. The Morgan fingerprint density at radius 1 is 1.31 bits per heavy atom. The Morgan fingerprint density at radius 2 is 2.12 bits per heavy atom. The smallest absolute Gasteiger partial charge is 0.0537 e. The first kappa shape index (κ1) is 13.2. The van der Waals surface area contributed by atoms with Crippen LogP contribution in [-0.4, -0.2) is 16.3 Å². The third kappa shape index (κ3) is 3.97. The number of rotatable bonds is 8. The van der Waals surface area contributed by atoms with Crippen LogP contribution >= 0.6 is 0 Å². The van der Waals surface area contributed by atoms with E-state index in [9.17, 15) is 0 Å². The van der Waals surface area contributed by atoms with E-state index in [4.69, 9.17) is 0 Å². The van der Waals surface area contributed by atoms with Gasteiger partial charge in [-0.3, -0.25) is 4.68 Å². The maximum atomic E-state index is 4.34. The molecule has 0 aliphatic rings. The van der Waals surface area contributed by atoms with Gasteiger partial charge in [0, 0.05) is 24.3 Å². The molecule has 1 atom stereocenters. The van der Waals surface area contributed by atoms with E-state index in [0.29, 0.717) is 6.04 Å². The maximum Gasteiger partial charge on any atom is 0.0537 e. The van der Waals surface area contributed by atoms with Gasteiger partial charge >= 0.3 is 0 Å². The van der Waals surface area contributed by atoms with Crippen molar-refractivity contribution in [2.24, 2.45) is 0 Å². The predicted octanol–water partition coefficient (Wildman–Crippen LogP) is 3.13. The van der Waals surface area contributed by atoms with E-state index in [2.05, 4.69) is 37.4 Å². The standard InChI is InChI=1S/C13H25N3/c1-4-7-8-9-13(14-5-2)12-10-15-16(6-3)11-12/h10-11,13-14H,4-9H2,1-3H3. The molecule has 1 N–H and O–H groups in total. The lowest BCUT2D eigenvalue weighted by Gasteiger charge is -2.15. The van der Waals surface area contributed by atoms with Crippen molar-refractivity contribution in [2.75, 3.05) is 6.54 Å². The Kier molecular flexibility index (Phi) is 6.16. The van der Waals surface area contributed by atoms with E-state index in [1.807, 2.05) is 10.9 Å². The summed E-state index contributed by atoms with van der Waals surface area (Å²) in [6.45, 7) is 8.51. The summed E-state index contributed by atoms with van der Waals surface area (Å²) in [6.07, 6.45) is 9.29. The van der Waals surface area contributed by atoms with Crippen LogP contribution in [0.5, 0.6) is 0 Å². The van der Waals surface area contributed by atoms with Crippen LogP contribution in [0.25, 0.3) is 0 Å². The molecule has 0 saturated carbocycles. The molecule has 0 radical (unpaired) electrons. The zero-order valence-corrected chi connectivity index (χ0v) is 10.9. The Labute approximate surface area is 99.2 Å². The van der Waals surface area contributed by atoms with Crippen LogP contribution in [0.2, 0.25) is 0 Å². The van der Waals surface area contributed by atoms with E-state index in [0.717, 1.165) is 13.1 Å². The molecule has 0 aromatic carbocycles. The van der Waals surface area contributed by atoms with Gasteiger partial charge in [-0.2, -0.15) is 5.10 Å². The van der Waals surface area contributed by atoms with E-state index < -0.39 is 0 Å². The van der Waals surface area contributed by atoms with Crippen LogP contribution in [0.1, 0.15) is 58.1 Å². The van der Waals surface area contributed by atoms with Gasteiger partial charge in [-0.25, -0.2) is 0 Å². The molecule has 0 aliphatic heterocycles. The van der Waals surface area contributed by atoms with Gasteiger partial charge in [0.15, 0.2) is 0 Å². The monoisotopic (exact) mass is 223 g/mol. The topological polar surface area (TPSA) is 29.9 Å². The van der Waals surface area contributed by atoms with Crippen molar-refractivity contribution >= 4 is 0 Å². The van der Waals surface area contributed by atoms with Crippen molar-refractivity contribution in [3.05, 3.63) is 18.0 Å². The fourth-order valence-corrected chi connectivity index (χ4v) is 1.96. The predicted molar refractivity (Wildman–Crippen MR) is 68.5 cm³/mol. The Hall–Kier alpha value is -0.830. The number of hydrogen-bond donors (Lipinski definition) is 1. The third-order valence-electron chi connectivity index (χ3n) is 2.93. The summed E-state index contributed by atoms with van der Waals surface area (Å²) < 4.78 is 2.00. The van der Waals surface area contributed by atoms with Crippen molar-refractivity contribution in [2.45, 2.75) is 59.0 Å². The molecule has 92 valence electrons. The zero-order valence-electron chi connectivity index (χ0n) is 10.9. The number of hydrogen-bond acceptors (Lipinski definition) is 2. The molecule has 0 aliphatic carbocycles. The van der Waals surface area contributed by atoms with Crippen LogP contribution in [0, 0.1) is 0 Å². The average Bonchev–Trinajstić information content (AvgIpc) is 2.76. The number of nitrogens with zero attached hydrogens (tertiary/aromatic N) is 2. The quantitative estimate of drug-likeness (QED) is 0.686. The molecule has 1 unspecified atom stereocenters. The molecule has 3 nitrogen and oxygen atoms in total. The fraction of sp³-hybridized carbons (Fsp3) is 0.769. The maximum absolute atomic E-state index is 4.34. The lowest BCUT2D eigenvalue weighted by molar-refractivity contribution is 0.486. The lowest BCUT2D eigenvalue weighted by Crippen LogP contribution is -2.20. The first-order chi connectivity index (χ1) is 7.81. The highest BCUT2D eigenvalue weighted by Crippen LogP contribution is 2.19. The van der Waals surface area contributed by atoms with Crippen LogP contribution < -0.4 is 5.32 Å². The van der Waals surface area contributed by atoms with E-state index in [-0.39, 0.29) is 0 Å². The minimum Gasteiger partial charge on any atom is -0.310 e. The largest absolute Gasteiger partial charge is 0.310 e. The minimum absolute atomic E-state index is 0.483. The summed E-state index contributed by atoms with van der Waals surface area (Å²) >= 11 is 0. The molecular weight excluding hydrogens is 198 g/mol. The second-order valence-corrected chi connectivity index (χ2v) is 4.24. The second-order valence-electron chi connectivity index (χ2n) is 4.24. The van der Waals surface area contributed by atoms with Crippen molar-refractivity contribution in [1.29, 1.82) is 0 Å². The zero-order chi connectivity index (χ0) is 11.8. The highest BCUT2D eigenvalue weighted by Gasteiger charge is 2.11. The molecule has 0 spiro atoms. The van der Waals surface area contributed by atoms with Crippen LogP contribution in [0.15, 0.2) is 12.4 Å². The van der Waals surface area contributed by atoms with Crippen molar-refractivity contribution in [3.63, 3.8) is 0 Å². The number of aryl methyl sites for hydroxylation is 1. The van der Waals surface area contributed by atoms with Gasteiger partial charge in [0.05, 0.1) is 6.20 Å². The summed E-state index contributed by atoms with van der Waals surface area (Å²) in [5.41, 5.74) is 1.33. The highest BCUT2D eigenvalue weighted by atomic mass is 15.3. The molecule has 1 aromatic heterocycles. The van der Waals surface area contributed by atoms with Gasteiger partial charge in [0.25, 0.3) is 0 Å². The molecule has 1 rings (SSSR count). The van der Waals surface area contributed by atoms with Gasteiger partial charge in [0.1, 0.15) is 0 Å². The SMILES string of the molecule is CCCCCC(NCC)c1cnn(CC)c1. The van der Waals surface area contributed by atoms with Gasteiger partial charge in [0.2, 0.25) is 0 Å². The molecule has 0 amide bonds. The normalized spacial score (nSPS) is 12.9. The minimum atomic E-state index is 0.483. The summed E-state index contributed by atoms with van der Waals surface area (Å²) in [5, 5.41) is 7.88. The number of aromatic nitrogens is 2. The van der Waals surface area contributed by atoms with Gasteiger partial charge in [-0.1, -0.05) is 33.1 Å². The van der Waals surface area contributed by atoms with Crippen molar-refractivity contribution in [3.8, 4) is 0 Å². The summed E-state index contributed by atoms with van der Waals surface area (Å²) in [5.74, 6) is 0. The first-order valence-electron chi connectivity index (χ1n) is 6.57.